The molecule has 4 aromatic carbocycles. The minimum Gasteiger partial charge on any atom is -0.480 e. The topological polar surface area (TPSA) is 567 Å². The van der Waals surface area contributed by atoms with Gasteiger partial charge in [-0.3, -0.25) is 62.9 Å². The van der Waals surface area contributed by atoms with Gasteiger partial charge in [-0.1, -0.05) is 47.5 Å². The number of carboxylic acids is 2. The number of carbonyl (C=O) groups excluding carboxylic acids is 8. The second kappa shape index (κ2) is 47.7. The van der Waals surface area contributed by atoms with E-state index in [1.165, 1.54) is 12.4 Å². The third-order valence-corrected chi connectivity index (χ3v) is 23.1. The fourth-order valence-electron chi connectivity index (χ4n) is 13.6. The van der Waals surface area contributed by atoms with Crippen molar-refractivity contribution in [2.75, 3.05) is 89.4 Å². The lowest BCUT2D eigenvalue weighted by atomic mass is 10.1. The molecule has 8 rings (SSSR count). The zero-order valence-corrected chi connectivity index (χ0v) is 71.7. The molecule has 124 heavy (non-hydrogen) atoms. The number of aliphatic carboxylic acids is 2. The number of hydrogen-bond donors (Lipinski definition) is 17. The summed E-state index contributed by atoms with van der Waals surface area (Å²) >= 11 is 0. The largest absolute Gasteiger partial charge is 0.480 e. The van der Waals surface area contributed by atoms with Crippen LogP contribution in [0.2, 0.25) is 0 Å². The van der Waals surface area contributed by atoms with Crippen molar-refractivity contribution in [3.05, 3.63) is 174 Å². The lowest BCUT2D eigenvalue weighted by Crippen LogP contribution is -2.49. The van der Waals surface area contributed by atoms with Crippen LogP contribution in [0.3, 0.4) is 0 Å². The molecule has 668 valence electrons. The predicted molar refractivity (Wildman–Crippen MR) is 461 cm³/mol. The van der Waals surface area contributed by atoms with Gasteiger partial charge in [0, 0.05) is 191 Å². The van der Waals surface area contributed by atoms with Crippen molar-refractivity contribution in [1.29, 1.82) is 5.41 Å². The molecule has 0 spiro atoms. The van der Waals surface area contributed by atoms with Gasteiger partial charge < -0.3 is 92.0 Å². The first-order chi connectivity index (χ1) is 59.2. The molecule has 8 aromatic rings. The van der Waals surface area contributed by atoms with Crippen LogP contribution in [0.5, 0.6) is 0 Å². The molecule has 0 aliphatic heterocycles. The van der Waals surface area contributed by atoms with Crippen LogP contribution >= 0.6 is 0 Å². The van der Waals surface area contributed by atoms with Gasteiger partial charge in [0.25, 0.3) is 17.7 Å². The number of pyridine rings is 2. The summed E-state index contributed by atoms with van der Waals surface area (Å²) in [6, 6.07) is 13.1. The summed E-state index contributed by atoms with van der Waals surface area (Å²) in [5.41, 5.74) is 3.43. The van der Waals surface area contributed by atoms with Crippen molar-refractivity contribution < 1.29 is 84.5 Å². The molecule has 39 nitrogen and oxygen atoms in total. The maximum absolute atomic E-state index is 13.9. The minimum atomic E-state index is -4.37. The number of benzene rings is 4. The number of carboxylic acid groups (broad SMARTS) is 2. The highest BCUT2D eigenvalue weighted by molar-refractivity contribution is 7.90. The fraction of sp³-hybridized carbons (Fsp3) is 0.434. The summed E-state index contributed by atoms with van der Waals surface area (Å²) in [6.45, 7) is 12.1. The summed E-state index contributed by atoms with van der Waals surface area (Å²) in [6.07, 6.45) is 11.1. The van der Waals surface area contributed by atoms with E-state index in [4.69, 9.17) is 14.9 Å². The Morgan fingerprint density at radius 2 is 0.782 bits per heavy atom. The zero-order valence-electron chi connectivity index (χ0n) is 70.0. The highest BCUT2D eigenvalue weighted by atomic mass is 32.2. The Labute approximate surface area is 716 Å². The van der Waals surface area contributed by atoms with Crippen molar-refractivity contribution in [1.82, 2.24) is 81.0 Å². The summed E-state index contributed by atoms with van der Waals surface area (Å²) in [5, 5.41) is 56.1. The molecule has 0 saturated heterocycles. The fourth-order valence-corrected chi connectivity index (χ4v) is 16.9. The molecular weight excluding hydrogens is 1650 g/mol. The van der Waals surface area contributed by atoms with E-state index < -0.39 is 91.6 Å². The van der Waals surface area contributed by atoms with Gasteiger partial charge in [0.05, 0.1) is 26.5 Å². The SMILES string of the molecule is Cc1cc(C)c(S(=O)(=O)NC(CNC(=O)c2cn(CCCNC(=O)CCC(=O)NCCCOCCCNC(=O)C(=N)CCC(=O)NCCCOCCCNC(=O)CCC(=O)NCCCn3cc(C(=O)NC[C@H](NS(=O)(=O)c4c(C)cc(C)cc4C)C(=O)O)c(=O)c4ccc(CNc5ncc[nH]5)cc43)c3cc(CNc4ncc[nH]4)ccc3c2=O)C(=O)O)c(C)c1. The average molecular weight is 1760 g/mol. The molecule has 0 bridgehead atoms. The average Bonchev–Trinajstić information content (AvgIpc) is 0.789. The Hall–Kier alpha value is -12.6. The zero-order chi connectivity index (χ0) is 90.0. The number of H-pyrrole nitrogens is 2. The number of carbonyl (C=O) groups is 10. The highest BCUT2D eigenvalue weighted by Crippen LogP contribution is 2.25. The molecule has 0 saturated carbocycles. The lowest BCUT2D eigenvalue weighted by Gasteiger charge is -2.19. The number of ether oxygens (including phenoxy) is 2. The van der Waals surface area contributed by atoms with Gasteiger partial charge >= 0.3 is 11.9 Å². The Bertz CT molecular complexity index is 5460. The number of aromatic amines is 2. The van der Waals surface area contributed by atoms with Crippen LogP contribution in [0.1, 0.15) is 142 Å². The number of imidazole rings is 2. The molecule has 1 unspecified atom stereocenters. The van der Waals surface area contributed by atoms with Gasteiger partial charge in [-0.25, -0.2) is 26.8 Å². The van der Waals surface area contributed by atoms with Gasteiger partial charge in [-0.2, -0.15) is 9.44 Å². The normalized spacial score (nSPS) is 11.9. The number of rotatable bonds is 54. The van der Waals surface area contributed by atoms with E-state index in [9.17, 15) is 84.6 Å². The van der Waals surface area contributed by atoms with Crippen LogP contribution < -0.4 is 73.5 Å². The van der Waals surface area contributed by atoms with Crippen LogP contribution in [0, 0.1) is 47.0 Å². The third-order valence-electron chi connectivity index (χ3n) is 19.5. The summed E-state index contributed by atoms with van der Waals surface area (Å²) in [5.74, 6) is -6.43. The number of hydrogen-bond acceptors (Lipinski definition) is 23. The van der Waals surface area contributed by atoms with Crippen molar-refractivity contribution >= 4 is 119 Å². The summed E-state index contributed by atoms with van der Waals surface area (Å²) < 4.78 is 72.7. The van der Waals surface area contributed by atoms with E-state index in [0.717, 1.165) is 22.3 Å². The van der Waals surface area contributed by atoms with Crippen LogP contribution in [0.15, 0.2) is 117 Å². The second-order valence-electron chi connectivity index (χ2n) is 29.6. The number of anilines is 2. The van der Waals surface area contributed by atoms with E-state index in [1.807, 2.05) is 0 Å². The van der Waals surface area contributed by atoms with E-state index in [-0.39, 0.29) is 152 Å². The Kier molecular flexibility index (Phi) is 37.3. The molecule has 0 radical (unpaired) electrons. The monoisotopic (exact) mass is 1760 g/mol. The number of aryl methyl sites for hydroxylation is 8. The molecule has 8 amide bonds. The van der Waals surface area contributed by atoms with Gasteiger partial charge in [-0.15, -0.1) is 0 Å². The van der Waals surface area contributed by atoms with E-state index in [1.54, 1.807) is 136 Å². The second-order valence-corrected chi connectivity index (χ2v) is 32.9. The Balaban J connectivity index is 0.631. The standard InChI is InChI=1S/C83H109N19O20S2/c1-51-39-53(3)75(54(4)40-51)123(117,118)99-64(80(113)114)47-95-77(110)61-49-101(66-43-57(13-15-59(66)73(61)108)45-97-82-91-29-30-92-82)33-7-23-85-69(104)19-21-71(106)88-26-10-36-121-35-9-25-87-68(103)18-17-63(84)79(112)90-28-12-38-122-37-11-27-89-72(107)22-20-70(105)86-24-8-34-102-50-62(74(109)60-16-14-58(44-67(60)102)46-98-83-93-31-32-94-83)78(111)96-48-65(81(115)116)100-124(119,120)76-55(5)41-52(2)42-56(76)6/h13-16,29-32,39-44,49-50,64-65,84,99-100H,7-12,17-28,33-38,45-48H2,1-6H3,(H,85,104)(H,86,105)(H,87,103)(H,88,106)(H,89,107)(H,90,112)(H,95,110)(H,96,111)(H,113,114)(H,115,116)(H2,91,92,97)(H2,93,94,98)/t64-,65?/m0/s1. The van der Waals surface area contributed by atoms with E-state index >= 15 is 0 Å². The molecule has 17 N–H and O–H groups in total. The van der Waals surface area contributed by atoms with Crippen molar-refractivity contribution in [3.8, 4) is 0 Å². The van der Waals surface area contributed by atoms with Crippen molar-refractivity contribution in [2.45, 2.75) is 167 Å². The molecule has 0 aliphatic carbocycles. The van der Waals surface area contributed by atoms with Gasteiger partial charge in [0.1, 0.15) is 23.2 Å². The molecule has 0 aliphatic rings. The maximum Gasteiger partial charge on any atom is 0.323 e. The van der Waals surface area contributed by atoms with Gasteiger partial charge in [0.2, 0.25) is 60.4 Å². The molecule has 41 heteroatoms. The van der Waals surface area contributed by atoms with Crippen LogP contribution in [-0.4, -0.2) is 212 Å². The molecule has 4 aromatic heterocycles. The molecular formula is C83H109N19O20S2. The minimum absolute atomic E-state index is 0.0768. The Morgan fingerprint density at radius 3 is 1.11 bits per heavy atom. The number of aromatic nitrogens is 6. The first-order valence-corrected chi connectivity index (χ1v) is 43.5. The molecule has 2 atom stereocenters. The molecule has 0 fully saturated rings. The number of nitrogens with one attached hydrogen (secondary N) is 15. The number of sulfonamides is 2. The first-order valence-electron chi connectivity index (χ1n) is 40.5. The van der Waals surface area contributed by atoms with Crippen molar-refractivity contribution in [2.24, 2.45) is 0 Å². The number of nitrogens with zero attached hydrogens (tertiary/aromatic N) is 4. The van der Waals surface area contributed by atoms with Crippen LogP contribution in [0.4, 0.5) is 11.9 Å². The van der Waals surface area contributed by atoms with Gasteiger partial charge in [0.15, 0.2) is 11.9 Å². The van der Waals surface area contributed by atoms with Crippen LogP contribution in [-0.2, 0) is 94.1 Å². The highest BCUT2D eigenvalue weighted by Gasteiger charge is 2.32. The maximum atomic E-state index is 13.9. The lowest BCUT2D eigenvalue weighted by molar-refractivity contribution is -0.139. The Morgan fingerprint density at radius 1 is 0.452 bits per heavy atom. The summed E-state index contributed by atoms with van der Waals surface area (Å²) in [7, 11) is -8.75. The number of fused-ring (bicyclic) bond motifs is 2. The third kappa shape index (κ3) is 30.2. The van der Waals surface area contributed by atoms with E-state index in [0.29, 0.717) is 123 Å². The predicted octanol–water partition coefficient (Wildman–Crippen LogP) is 3.29. The first kappa shape index (κ1) is 96.9. The van der Waals surface area contributed by atoms with Gasteiger partial charge in [-0.05, 0) is 138 Å². The molecule has 4 heterocycles. The smallest absolute Gasteiger partial charge is 0.323 e. The van der Waals surface area contributed by atoms with Crippen molar-refractivity contribution in [3.63, 3.8) is 0 Å². The quantitative estimate of drug-likeness (QED) is 0.0192. The van der Waals surface area contributed by atoms with E-state index in [2.05, 4.69) is 82.5 Å². The number of amides is 8. The summed E-state index contributed by atoms with van der Waals surface area (Å²) in [4.78, 5) is 170. The van der Waals surface area contributed by atoms with Crippen LogP contribution in [0.25, 0.3) is 21.8 Å².